The van der Waals surface area contributed by atoms with E-state index in [0.29, 0.717) is 12.5 Å². The predicted octanol–water partition coefficient (Wildman–Crippen LogP) is 3.21. The Morgan fingerprint density at radius 1 is 1.43 bits per heavy atom. The Morgan fingerprint density at radius 3 is 2.81 bits per heavy atom. The summed E-state index contributed by atoms with van der Waals surface area (Å²) in [5.74, 6) is 1.23. The monoisotopic (exact) mass is 312 g/mol. The summed E-state index contributed by atoms with van der Waals surface area (Å²) in [5.41, 5.74) is 6.73. The van der Waals surface area contributed by atoms with Gasteiger partial charge in [-0.05, 0) is 30.9 Å². The van der Waals surface area contributed by atoms with Crippen molar-refractivity contribution in [3.05, 3.63) is 24.3 Å². The second-order valence-corrected chi connectivity index (χ2v) is 5.92. The molecule has 1 amide bonds. The molecular weight excluding hydrogens is 288 g/mol. The summed E-state index contributed by atoms with van der Waals surface area (Å²) in [4.78, 5) is 12.2. The van der Waals surface area contributed by atoms with Gasteiger partial charge in [0.1, 0.15) is 5.75 Å². The van der Waals surface area contributed by atoms with Crippen molar-refractivity contribution >= 4 is 24.0 Å². The molecule has 0 saturated heterocycles. The van der Waals surface area contributed by atoms with E-state index in [9.17, 15) is 4.79 Å². The van der Waals surface area contributed by atoms with Crippen molar-refractivity contribution < 1.29 is 9.53 Å². The van der Waals surface area contributed by atoms with Crippen LogP contribution in [0.15, 0.2) is 24.3 Å². The minimum Gasteiger partial charge on any atom is -0.493 e. The van der Waals surface area contributed by atoms with Gasteiger partial charge in [0, 0.05) is 17.8 Å². The Labute approximate surface area is 132 Å². The lowest BCUT2D eigenvalue weighted by molar-refractivity contribution is -0.120. The first kappa shape index (κ1) is 17.8. The first-order valence-corrected chi connectivity index (χ1v) is 7.35. The molecule has 21 heavy (non-hydrogen) atoms. The Balaban J connectivity index is 0.00000220. The molecule has 0 aliphatic heterocycles. The molecule has 0 heterocycles. The number of carbonyl (C=O) groups is 1. The molecular formula is C16H25ClN2O2. The highest BCUT2D eigenvalue weighted by Gasteiger charge is 2.30. The maximum Gasteiger partial charge on any atom is 0.229 e. The van der Waals surface area contributed by atoms with Crippen LogP contribution >= 0.6 is 12.4 Å². The van der Waals surface area contributed by atoms with Crippen molar-refractivity contribution in [2.75, 3.05) is 11.9 Å². The molecule has 1 aromatic rings. The van der Waals surface area contributed by atoms with Crippen LogP contribution in [-0.2, 0) is 4.79 Å². The Morgan fingerprint density at radius 2 is 2.19 bits per heavy atom. The van der Waals surface area contributed by atoms with Crippen LogP contribution in [0.5, 0.6) is 5.75 Å². The number of amides is 1. The van der Waals surface area contributed by atoms with E-state index >= 15 is 0 Å². The summed E-state index contributed by atoms with van der Waals surface area (Å²) in [6.45, 7) is 4.88. The highest BCUT2D eigenvalue weighted by Crippen LogP contribution is 2.26. The molecule has 2 unspecified atom stereocenters. The van der Waals surface area contributed by atoms with Crippen LogP contribution in [0.2, 0.25) is 0 Å². The molecule has 0 bridgehead atoms. The maximum atomic E-state index is 12.2. The average Bonchev–Trinajstić information content (AvgIpc) is 2.83. The third-order valence-electron chi connectivity index (χ3n) is 3.59. The third kappa shape index (κ3) is 5.21. The van der Waals surface area contributed by atoms with Gasteiger partial charge in [-0.15, -0.1) is 12.4 Å². The minimum absolute atomic E-state index is 0. The van der Waals surface area contributed by atoms with Crippen molar-refractivity contribution in [1.29, 1.82) is 0 Å². The van der Waals surface area contributed by atoms with Crippen molar-refractivity contribution in [3.8, 4) is 5.75 Å². The van der Waals surface area contributed by atoms with E-state index in [0.717, 1.165) is 30.7 Å². The molecule has 0 radical (unpaired) electrons. The van der Waals surface area contributed by atoms with E-state index in [2.05, 4.69) is 19.2 Å². The van der Waals surface area contributed by atoms with Crippen LogP contribution in [0.1, 0.15) is 33.1 Å². The average molecular weight is 313 g/mol. The third-order valence-corrected chi connectivity index (χ3v) is 3.59. The number of ether oxygens (including phenoxy) is 1. The SMILES string of the molecule is CC(C)COc1cccc(NC(=O)C2CCCC2N)c1.Cl. The van der Waals surface area contributed by atoms with E-state index in [1.165, 1.54) is 0 Å². The van der Waals surface area contributed by atoms with Gasteiger partial charge < -0.3 is 15.8 Å². The molecule has 1 aromatic carbocycles. The molecule has 1 aliphatic carbocycles. The van der Waals surface area contributed by atoms with Crippen LogP contribution < -0.4 is 15.8 Å². The van der Waals surface area contributed by atoms with Crippen LogP contribution in [0.25, 0.3) is 0 Å². The highest BCUT2D eigenvalue weighted by molar-refractivity contribution is 5.93. The number of nitrogens with one attached hydrogen (secondary N) is 1. The van der Waals surface area contributed by atoms with Gasteiger partial charge >= 0.3 is 0 Å². The zero-order valence-corrected chi connectivity index (χ0v) is 13.5. The lowest BCUT2D eigenvalue weighted by Gasteiger charge is -2.16. The second-order valence-electron chi connectivity index (χ2n) is 5.92. The molecule has 3 N–H and O–H groups in total. The predicted molar refractivity (Wildman–Crippen MR) is 88.0 cm³/mol. The fourth-order valence-electron chi connectivity index (χ4n) is 2.48. The topological polar surface area (TPSA) is 64.3 Å². The van der Waals surface area contributed by atoms with Gasteiger partial charge in [0.2, 0.25) is 5.91 Å². The fourth-order valence-corrected chi connectivity index (χ4v) is 2.48. The quantitative estimate of drug-likeness (QED) is 0.877. The molecule has 1 saturated carbocycles. The summed E-state index contributed by atoms with van der Waals surface area (Å²) >= 11 is 0. The maximum absolute atomic E-state index is 12.2. The number of hydrogen-bond donors (Lipinski definition) is 2. The van der Waals surface area contributed by atoms with Crippen LogP contribution in [0, 0.1) is 11.8 Å². The number of halogens is 1. The summed E-state index contributed by atoms with van der Waals surface area (Å²) in [5, 5.41) is 2.94. The lowest BCUT2D eigenvalue weighted by Crippen LogP contribution is -2.34. The van der Waals surface area contributed by atoms with Crippen molar-refractivity contribution in [3.63, 3.8) is 0 Å². The van der Waals surface area contributed by atoms with Gasteiger partial charge in [-0.1, -0.05) is 26.3 Å². The van der Waals surface area contributed by atoms with Crippen LogP contribution in [0.3, 0.4) is 0 Å². The summed E-state index contributed by atoms with van der Waals surface area (Å²) in [7, 11) is 0. The van der Waals surface area contributed by atoms with Crippen molar-refractivity contribution in [2.24, 2.45) is 17.6 Å². The van der Waals surface area contributed by atoms with Crippen molar-refractivity contribution in [1.82, 2.24) is 0 Å². The van der Waals surface area contributed by atoms with E-state index < -0.39 is 0 Å². The van der Waals surface area contributed by atoms with E-state index in [-0.39, 0.29) is 30.3 Å². The highest BCUT2D eigenvalue weighted by atomic mass is 35.5. The molecule has 118 valence electrons. The zero-order valence-electron chi connectivity index (χ0n) is 12.7. The lowest BCUT2D eigenvalue weighted by atomic mass is 10.0. The first-order valence-electron chi connectivity index (χ1n) is 7.35. The molecule has 5 heteroatoms. The van der Waals surface area contributed by atoms with Gasteiger partial charge in [0.05, 0.1) is 12.5 Å². The summed E-state index contributed by atoms with van der Waals surface area (Å²) in [6.07, 6.45) is 2.86. The number of rotatable bonds is 5. The second kappa shape index (κ2) is 8.25. The van der Waals surface area contributed by atoms with E-state index in [4.69, 9.17) is 10.5 Å². The number of nitrogens with two attached hydrogens (primary N) is 1. The minimum atomic E-state index is -0.0600. The van der Waals surface area contributed by atoms with Gasteiger partial charge in [0.15, 0.2) is 0 Å². The number of hydrogen-bond acceptors (Lipinski definition) is 3. The standard InChI is InChI=1S/C16H24N2O2.ClH/c1-11(2)10-20-13-6-3-5-12(9-13)18-16(19)14-7-4-8-15(14)17;/h3,5-6,9,11,14-15H,4,7-8,10,17H2,1-2H3,(H,18,19);1H. The van der Waals surface area contributed by atoms with Crippen LogP contribution in [-0.4, -0.2) is 18.6 Å². The van der Waals surface area contributed by atoms with E-state index in [1.807, 2.05) is 24.3 Å². The largest absolute Gasteiger partial charge is 0.493 e. The van der Waals surface area contributed by atoms with Crippen LogP contribution in [0.4, 0.5) is 5.69 Å². The van der Waals surface area contributed by atoms with Gasteiger partial charge in [0.25, 0.3) is 0 Å². The smallest absolute Gasteiger partial charge is 0.229 e. The molecule has 1 aliphatic rings. The Kier molecular flexibility index (Phi) is 6.99. The molecule has 0 spiro atoms. The molecule has 4 nitrogen and oxygen atoms in total. The Hall–Kier alpha value is -1.26. The Bertz CT molecular complexity index is 465. The van der Waals surface area contributed by atoms with Gasteiger partial charge in [-0.25, -0.2) is 0 Å². The number of anilines is 1. The summed E-state index contributed by atoms with van der Waals surface area (Å²) in [6, 6.07) is 7.52. The molecule has 0 aromatic heterocycles. The zero-order chi connectivity index (χ0) is 14.5. The number of benzene rings is 1. The summed E-state index contributed by atoms with van der Waals surface area (Å²) < 4.78 is 5.66. The van der Waals surface area contributed by atoms with E-state index in [1.54, 1.807) is 0 Å². The molecule has 2 rings (SSSR count). The van der Waals surface area contributed by atoms with Crippen molar-refractivity contribution in [2.45, 2.75) is 39.2 Å². The molecule has 2 atom stereocenters. The van der Waals surface area contributed by atoms with Gasteiger partial charge in [-0.2, -0.15) is 0 Å². The fraction of sp³-hybridized carbons (Fsp3) is 0.562. The van der Waals surface area contributed by atoms with Gasteiger partial charge in [-0.3, -0.25) is 4.79 Å². The normalized spacial score (nSPS) is 21.0. The first-order chi connectivity index (χ1) is 9.56. The molecule has 1 fully saturated rings. The number of carbonyl (C=O) groups excluding carboxylic acids is 1.